The van der Waals surface area contributed by atoms with Crippen molar-refractivity contribution in [2.45, 2.75) is 231 Å². The van der Waals surface area contributed by atoms with E-state index in [1.165, 1.54) is 116 Å². The summed E-state index contributed by atoms with van der Waals surface area (Å²) in [6.07, 6.45) is 52.3. The van der Waals surface area contributed by atoms with Gasteiger partial charge in [-0.2, -0.15) is 0 Å². The number of hydrogen-bond donors (Lipinski definition) is 3. The van der Waals surface area contributed by atoms with E-state index in [-0.39, 0.29) is 18.5 Å². The van der Waals surface area contributed by atoms with Crippen molar-refractivity contribution in [2.24, 2.45) is 0 Å². The van der Waals surface area contributed by atoms with Crippen LogP contribution in [-0.2, 0) is 14.3 Å². The number of rotatable bonds is 41. The van der Waals surface area contributed by atoms with E-state index in [1.54, 1.807) is 0 Å². The summed E-state index contributed by atoms with van der Waals surface area (Å²) < 4.78 is 5.43. The number of carbonyl (C=O) groups excluding carboxylic acids is 2. The zero-order valence-electron chi connectivity index (χ0n) is 35.4. The number of carbonyl (C=O) groups is 2. The highest BCUT2D eigenvalue weighted by Gasteiger charge is 2.19. The second-order valence-electron chi connectivity index (χ2n) is 15.4. The van der Waals surface area contributed by atoms with Gasteiger partial charge in [0.25, 0.3) is 0 Å². The van der Waals surface area contributed by atoms with Gasteiger partial charge in [0.15, 0.2) is 0 Å². The second-order valence-corrected chi connectivity index (χ2v) is 15.4. The molecular weight excluding hydrogens is 671 g/mol. The van der Waals surface area contributed by atoms with Crippen LogP contribution in [-0.4, -0.2) is 47.4 Å². The summed E-state index contributed by atoms with van der Waals surface area (Å²) in [6.45, 7) is 4.81. The maximum Gasteiger partial charge on any atom is 0.305 e. The first-order valence-electron chi connectivity index (χ1n) is 22.9. The summed E-state index contributed by atoms with van der Waals surface area (Å²) in [4.78, 5) is 24.3. The number of hydrogen-bond acceptors (Lipinski definition) is 5. The average molecular weight is 758 g/mol. The number of allylic oxidation sites excluding steroid dienone is 8. The summed E-state index contributed by atoms with van der Waals surface area (Å²) >= 11 is 0. The van der Waals surface area contributed by atoms with Crippen LogP contribution in [0.3, 0.4) is 0 Å². The summed E-state index contributed by atoms with van der Waals surface area (Å²) in [5.74, 6) is -0.154. The molecular formula is C48H87NO5. The zero-order chi connectivity index (χ0) is 39.4. The van der Waals surface area contributed by atoms with Crippen LogP contribution in [0, 0.1) is 0 Å². The first-order chi connectivity index (χ1) is 26.5. The Kier molecular flexibility index (Phi) is 41.8. The summed E-state index contributed by atoms with van der Waals surface area (Å²) in [5, 5.41) is 22.9. The van der Waals surface area contributed by atoms with Crippen molar-refractivity contribution in [2.75, 3.05) is 13.2 Å². The van der Waals surface area contributed by atoms with E-state index >= 15 is 0 Å². The van der Waals surface area contributed by atoms with Crippen molar-refractivity contribution < 1.29 is 24.5 Å². The van der Waals surface area contributed by atoms with Gasteiger partial charge in [0.05, 0.1) is 25.4 Å². The predicted octanol–water partition coefficient (Wildman–Crippen LogP) is 13.1. The van der Waals surface area contributed by atoms with Crippen LogP contribution < -0.4 is 5.32 Å². The van der Waals surface area contributed by atoms with Crippen molar-refractivity contribution in [3.63, 3.8) is 0 Å². The number of aliphatic hydroxyl groups is 2. The number of unbranched alkanes of at least 4 members (excludes halogenated alkanes) is 22. The molecule has 6 heteroatoms. The lowest BCUT2D eigenvalue weighted by Gasteiger charge is -2.22. The minimum absolute atomic E-state index is 0.0326. The van der Waals surface area contributed by atoms with E-state index in [0.29, 0.717) is 32.3 Å². The molecule has 0 saturated heterocycles. The Morgan fingerprint density at radius 1 is 0.519 bits per heavy atom. The van der Waals surface area contributed by atoms with E-state index < -0.39 is 12.1 Å². The maximum absolute atomic E-state index is 12.3. The van der Waals surface area contributed by atoms with Crippen molar-refractivity contribution in [3.8, 4) is 0 Å². The minimum atomic E-state index is -0.698. The first-order valence-corrected chi connectivity index (χ1v) is 22.9. The molecule has 0 aromatic rings. The third-order valence-electron chi connectivity index (χ3n) is 10.1. The van der Waals surface area contributed by atoms with Gasteiger partial charge < -0.3 is 20.3 Å². The van der Waals surface area contributed by atoms with Crippen LogP contribution in [0.25, 0.3) is 0 Å². The molecule has 1 amide bonds. The van der Waals surface area contributed by atoms with Gasteiger partial charge in [0, 0.05) is 12.8 Å². The molecule has 0 rings (SSSR count). The van der Waals surface area contributed by atoms with E-state index in [9.17, 15) is 19.8 Å². The fourth-order valence-corrected chi connectivity index (χ4v) is 6.54. The van der Waals surface area contributed by atoms with Crippen molar-refractivity contribution in [1.29, 1.82) is 0 Å². The lowest BCUT2D eigenvalue weighted by atomic mass is 10.0. The molecule has 0 aromatic heterocycles. The molecule has 0 heterocycles. The molecule has 0 aromatic carbocycles. The zero-order valence-corrected chi connectivity index (χ0v) is 35.4. The Balaban J connectivity index is 3.56. The van der Waals surface area contributed by atoms with Crippen LogP contribution in [0.2, 0.25) is 0 Å². The third kappa shape index (κ3) is 39.5. The van der Waals surface area contributed by atoms with Crippen LogP contribution >= 0.6 is 0 Å². The topological polar surface area (TPSA) is 95.9 Å². The quantitative estimate of drug-likeness (QED) is 0.0328. The normalized spacial score (nSPS) is 13.2. The Morgan fingerprint density at radius 2 is 0.944 bits per heavy atom. The van der Waals surface area contributed by atoms with Crippen LogP contribution in [0.5, 0.6) is 0 Å². The number of amides is 1. The molecule has 0 aliphatic heterocycles. The highest BCUT2D eigenvalue weighted by Crippen LogP contribution is 2.14. The number of nitrogens with one attached hydrogen (secondary N) is 1. The molecule has 0 aliphatic rings. The van der Waals surface area contributed by atoms with Gasteiger partial charge in [-0.25, -0.2) is 0 Å². The smallest absolute Gasteiger partial charge is 0.305 e. The first kappa shape index (κ1) is 51.8. The fourth-order valence-electron chi connectivity index (χ4n) is 6.54. The van der Waals surface area contributed by atoms with Crippen LogP contribution in [0.4, 0.5) is 0 Å². The molecule has 0 saturated carbocycles. The van der Waals surface area contributed by atoms with Crippen LogP contribution in [0.15, 0.2) is 48.6 Å². The van der Waals surface area contributed by atoms with Gasteiger partial charge >= 0.3 is 5.97 Å². The van der Waals surface area contributed by atoms with E-state index in [1.807, 2.05) is 6.08 Å². The summed E-state index contributed by atoms with van der Waals surface area (Å²) in [7, 11) is 0. The molecule has 6 nitrogen and oxygen atoms in total. The number of ether oxygens (including phenoxy) is 1. The summed E-state index contributed by atoms with van der Waals surface area (Å²) in [6, 6.07) is -0.584. The molecule has 314 valence electrons. The van der Waals surface area contributed by atoms with Gasteiger partial charge in [-0.15, -0.1) is 0 Å². The van der Waals surface area contributed by atoms with Crippen molar-refractivity contribution in [1.82, 2.24) is 5.32 Å². The Hall–Kier alpha value is -2.18. The maximum atomic E-state index is 12.3. The molecule has 0 spiro atoms. The lowest BCUT2D eigenvalue weighted by Crippen LogP contribution is -2.45. The lowest BCUT2D eigenvalue weighted by molar-refractivity contribution is -0.143. The SMILES string of the molecule is CCCCC/C=C\C/C=C\CCCCCCCC(=O)OCCCCCCCC/C=C\C/C=C\CCC(=O)NC(CO)C(O)CCCCCCCCCCC. The van der Waals surface area contributed by atoms with Gasteiger partial charge in [0.2, 0.25) is 5.91 Å². The molecule has 2 atom stereocenters. The molecule has 3 N–H and O–H groups in total. The predicted molar refractivity (Wildman–Crippen MR) is 232 cm³/mol. The third-order valence-corrected chi connectivity index (χ3v) is 10.1. The molecule has 0 aliphatic carbocycles. The van der Waals surface area contributed by atoms with Gasteiger partial charge in [0.1, 0.15) is 0 Å². The summed E-state index contributed by atoms with van der Waals surface area (Å²) in [5.41, 5.74) is 0. The van der Waals surface area contributed by atoms with Gasteiger partial charge in [-0.1, -0.05) is 178 Å². The van der Waals surface area contributed by atoms with E-state index in [0.717, 1.165) is 64.2 Å². The van der Waals surface area contributed by atoms with Crippen molar-refractivity contribution in [3.05, 3.63) is 48.6 Å². The molecule has 2 unspecified atom stereocenters. The molecule has 0 radical (unpaired) electrons. The highest BCUT2D eigenvalue weighted by atomic mass is 16.5. The number of esters is 1. The highest BCUT2D eigenvalue weighted by molar-refractivity contribution is 5.76. The van der Waals surface area contributed by atoms with Crippen molar-refractivity contribution >= 4 is 11.9 Å². The van der Waals surface area contributed by atoms with Crippen LogP contribution in [0.1, 0.15) is 219 Å². The van der Waals surface area contributed by atoms with E-state index in [2.05, 4.69) is 61.7 Å². The molecule has 54 heavy (non-hydrogen) atoms. The Morgan fingerprint density at radius 3 is 1.48 bits per heavy atom. The number of aliphatic hydroxyl groups excluding tert-OH is 2. The standard InChI is InChI=1S/C48H87NO5/c1-3-5-7-9-11-13-14-15-16-19-22-26-30-34-38-42-48(53)54-43-39-35-31-27-23-20-17-18-21-25-29-33-37-41-47(52)49-45(44-50)46(51)40-36-32-28-24-12-10-8-6-4-2/h11,13,15-16,18,21,29,33,45-46,50-51H,3-10,12,14,17,19-20,22-28,30-32,34-44H2,1-2H3,(H,49,52)/b13-11-,16-15-,21-18-,33-29-. The average Bonchev–Trinajstić information content (AvgIpc) is 3.17. The Bertz CT molecular complexity index is 926. The van der Waals surface area contributed by atoms with Gasteiger partial charge in [-0.05, 0) is 77.0 Å². The molecule has 0 bridgehead atoms. The largest absolute Gasteiger partial charge is 0.466 e. The minimum Gasteiger partial charge on any atom is -0.466 e. The van der Waals surface area contributed by atoms with Gasteiger partial charge in [-0.3, -0.25) is 9.59 Å². The molecule has 0 fully saturated rings. The second kappa shape index (κ2) is 43.5. The monoisotopic (exact) mass is 758 g/mol. The van der Waals surface area contributed by atoms with E-state index in [4.69, 9.17) is 4.74 Å². The Labute approximate surface area is 334 Å². The fraction of sp³-hybridized carbons (Fsp3) is 0.792.